The van der Waals surface area contributed by atoms with Gasteiger partial charge in [-0.1, -0.05) is 115 Å². The van der Waals surface area contributed by atoms with Crippen LogP contribution in [-0.2, 0) is 32.6 Å². The van der Waals surface area contributed by atoms with E-state index in [2.05, 4.69) is 5.32 Å². The Morgan fingerprint density at radius 3 is 2.09 bits per heavy atom. The molecule has 0 heterocycles. The first-order chi connectivity index (χ1) is 21.1. The van der Waals surface area contributed by atoms with Crippen LogP contribution in [0.5, 0.6) is 0 Å². The van der Waals surface area contributed by atoms with Crippen molar-refractivity contribution < 1.29 is 18.0 Å². The van der Waals surface area contributed by atoms with Gasteiger partial charge in [0.1, 0.15) is 12.6 Å². The molecule has 1 atom stereocenters. The van der Waals surface area contributed by atoms with Crippen LogP contribution in [0.4, 0.5) is 5.69 Å². The highest BCUT2D eigenvalue weighted by atomic mass is 35.5. The maximum absolute atomic E-state index is 14.4. The van der Waals surface area contributed by atoms with Crippen LogP contribution in [0.1, 0.15) is 30.0 Å². The van der Waals surface area contributed by atoms with Gasteiger partial charge in [-0.2, -0.15) is 0 Å². The molecule has 1 N–H and O–H groups in total. The van der Waals surface area contributed by atoms with E-state index in [1.165, 1.54) is 23.1 Å². The number of hydrogen-bond donors (Lipinski definition) is 1. The standard InChI is InChI=1S/C34H35Cl2N3O4S/c1-3-21-37-34(41)31(22-26-11-6-4-7-12-26)38(23-27-19-17-25(2)18-20-27)32(40)24-39(30-16-10-15-29(35)33(30)36)44(42,43)28-13-8-5-9-14-28/h4-20,31H,3,21-24H2,1-2H3,(H,37,41)/t31-/m1/s1. The van der Waals surface area contributed by atoms with Crippen LogP contribution in [0.15, 0.2) is 108 Å². The molecule has 0 bridgehead atoms. The fourth-order valence-electron chi connectivity index (χ4n) is 4.73. The Labute approximate surface area is 269 Å². The molecule has 0 radical (unpaired) electrons. The number of rotatable bonds is 13. The van der Waals surface area contributed by atoms with Crippen molar-refractivity contribution in [1.82, 2.24) is 10.2 Å². The summed E-state index contributed by atoms with van der Waals surface area (Å²) in [6, 6.07) is 28.6. The number of anilines is 1. The van der Waals surface area contributed by atoms with Gasteiger partial charge in [-0.05, 0) is 48.7 Å². The molecular weight excluding hydrogens is 617 g/mol. The second-order valence-electron chi connectivity index (χ2n) is 10.4. The zero-order valence-corrected chi connectivity index (χ0v) is 26.9. The van der Waals surface area contributed by atoms with Gasteiger partial charge in [-0.15, -0.1) is 0 Å². The first kappa shape index (κ1) is 33.1. The van der Waals surface area contributed by atoms with Crippen LogP contribution in [-0.4, -0.2) is 44.3 Å². The Hall–Kier alpha value is -3.85. The van der Waals surface area contributed by atoms with Gasteiger partial charge in [0.2, 0.25) is 11.8 Å². The number of aryl methyl sites for hydroxylation is 1. The number of carbonyl (C=O) groups is 2. The molecule has 0 aliphatic heterocycles. The van der Waals surface area contributed by atoms with Crippen molar-refractivity contribution in [3.8, 4) is 0 Å². The first-order valence-electron chi connectivity index (χ1n) is 14.3. The fourth-order valence-corrected chi connectivity index (χ4v) is 6.62. The molecule has 0 aliphatic carbocycles. The number of hydrogen-bond acceptors (Lipinski definition) is 4. The molecular formula is C34H35Cl2N3O4S. The second-order valence-corrected chi connectivity index (χ2v) is 13.0. The van der Waals surface area contributed by atoms with E-state index in [0.29, 0.717) is 13.0 Å². The quantitative estimate of drug-likeness (QED) is 0.175. The molecule has 0 aliphatic rings. The largest absolute Gasteiger partial charge is 0.354 e. The minimum atomic E-state index is -4.28. The molecule has 4 aromatic rings. The minimum Gasteiger partial charge on any atom is -0.354 e. The average Bonchev–Trinajstić information content (AvgIpc) is 3.03. The molecule has 10 heteroatoms. The van der Waals surface area contributed by atoms with Crippen molar-refractivity contribution in [2.24, 2.45) is 0 Å². The number of nitrogens with one attached hydrogen (secondary N) is 1. The molecule has 0 unspecified atom stereocenters. The van der Waals surface area contributed by atoms with Crippen LogP contribution >= 0.6 is 23.2 Å². The number of sulfonamides is 1. The molecule has 4 rings (SSSR count). The Balaban J connectivity index is 1.81. The normalized spacial score (nSPS) is 11.9. The molecule has 7 nitrogen and oxygen atoms in total. The lowest BCUT2D eigenvalue weighted by atomic mass is 10.0. The van der Waals surface area contributed by atoms with Gasteiger partial charge in [0.15, 0.2) is 0 Å². The molecule has 4 aromatic carbocycles. The smallest absolute Gasteiger partial charge is 0.264 e. The summed E-state index contributed by atoms with van der Waals surface area (Å²) >= 11 is 12.8. The van der Waals surface area contributed by atoms with Crippen LogP contribution in [0.3, 0.4) is 0 Å². The maximum atomic E-state index is 14.4. The summed E-state index contributed by atoms with van der Waals surface area (Å²) < 4.78 is 29.1. The van der Waals surface area contributed by atoms with Crippen molar-refractivity contribution in [2.75, 3.05) is 17.4 Å². The molecule has 0 saturated heterocycles. The molecule has 0 fully saturated rings. The number of halogens is 2. The van der Waals surface area contributed by atoms with Crippen molar-refractivity contribution in [3.05, 3.63) is 130 Å². The third-order valence-electron chi connectivity index (χ3n) is 7.10. The predicted octanol–water partition coefficient (Wildman–Crippen LogP) is 6.66. The van der Waals surface area contributed by atoms with Crippen LogP contribution in [0.2, 0.25) is 10.0 Å². The lowest BCUT2D eigenvalue weighted by molar-refractivity contribution is -0.140. The van der Waals surface area contributed by atoms with Crippen LogP contribution in [0.25, 0.3) is 0 Å². The van der Waals surface area contributed by atoms with E-state index >= 15 is 0 Å². The van der Waals surface area contributed by atoms with E-state index in [1.807, 2.05) is 68.4 Å². The van der Waals surface area contributed by atoms with Crippen molar-refractivity contribution in [1.29, 1.82) is 0 Å². The Bertz CT molecular complexity index is 1670. The van der Waals surface area contributed by atoms with E-state index < -0.39 is 28.5 Å². The summed E-state index contributed by atoms with van der Waals surface area (Å²) in [7, 11) is -4.28. The van der Waals surface area contributed by atoms with Crippen molar-refractivity contribution >= 4 is 50.7 Å². The highest BCUT2D eigenvalue weighted by molar-refractivity contribution is 7.92. The van der Waals surface area contributed by atoms with Crippen LogP contribution in [0, 0.1) is 6.92 Å². The molecule has 0 spiro atoms. The van der Waals surface area contributed by atoms with Crippen LogP contribution < -0.4 is 9.62 Å². The summed E-state index contributed by atoms with van der Waals surface area (Å²) in [6.07, 6.45) is 0.948. The van der Waals surface area contributed by atoms with Gasteiger partial charge in [-0.3, -0.25) is 13.9 Å². The Kier molecular flexibility index (Phi) is 11.4. The Morgan fingerprint density at radius 1 is 0.818 bits per heavy atom. The third-order valence-corrected chi connectivity index (χ3v) is 9.69. The molecule has 44 heavy (non-hydrogen) atoms. The Morgan fingerprint density at radius 2 is 1.45 bits per heavy atom. The summed E-state index contributed by atoms with van der Waals surface area (Å²) in [6.45, 7) is 3.81. The number of nitrogens with zero attached hydrogens (tertiary/aromatic N) is 2. The summed E-state index contributed by atoms with van der Waals surface area (Å²) in [5.41, 5.74) is 2.76. The summed E-state index contributed by atoms with van der Waals surface area (Å²) in [5.74, 6) is -0.900. The van der Waals surface area contributed by atoms with Gasteiger partial charge >= 0.3 is 0 Å². The molecule has 230 valence electrons. The van der Waals surface area contributed by atoms with Gasteiger partial charge in [0.25, 0.3) is 10.0 Å². The van der Waals surface area contributed by atoms with Gasteiger partial charge < -0.3 is 10.2 Å². The molecule has 2 amide bonds. The minimum absolute atomic E-state index is 0.00641. The highest BCUT2D eigenvalue weighted by Gasteiger charge is 2.35. The summed E-state index contributed by atoms with van der Waals surface area (Å²) in [5, 5.41) is 3.07. The SMILES string of the molecule is CCCNC(=O)[C@@H](Cc1ccccc1)N(Cc1ccc(C)cc1)C(=O)CN(c1cccc(Cl)c1Cl)S(=O)(=O)c1ccccc1. The zero-order valence-electron chi connectivity index (χ0n) is 24.6. The van der Waals surface area contributed by atoms with E-state index in [-0.39, 0.29) is 39.5 Å². The second kappa shape index (κ2) is 15.2. The lowest BCUT2D eigenvalue weighted by Crippen LogP contribution is -2.53. The van der Waals surface area contributed by atoms with Gasteiger partial charge in [0, 0.05) is 19.5 Å². The molecule has 0 saturated carbocycles. The van der Waals surface area contributed by atoms with E-state index in [4.69, 9.17) is 23.2 Å². The lowest BCUT2D eigenvalue weighted by Gasteiger charge is -2.34. The summed E-state index contributed by atoms with van der Waals surface area (Å²) in [4.78, 5) is 29.6. The first-order valence-corrected chi connectivity index (χ1v) is 16.5. The average molecular weight is 653 g/mol. The monoisotopic (exact) mass is 651 g/mol. The fraction of sp³-hybridized carbons (Fsp3) is 0.235. The molecule has 0 aromatic heterocycles. The third kappa shape index (κ3) is 8.20. The predicted molar refractivity (Wildman–Crippen MR) is 176 cm³/mol. The highest BCUT2D eigenvalue weighted by Crippen LogP contribution is 2.35. The zero-order chi connectivity index (χ0) is 31.7. The van der Waals surface area contributed by atoms with Crippen molar-refractivity contribution in [2.45, 2.75) is 44.2 Å². The van der Waals surface area contributed by atoms with E-state index in [1.54, 1.807) is 30.3 Å². The number of carbonyl (C=O) groups excluding carboxylic acids is 2. The van der Waals surface area contributed by atoms with E-state index in [0.717, 1.165) is 21.0 Å². The van der Waals surface area contributed by atoms with Gasteiger partial charge in [-0.25, -0.2) is 8.42 Å². The van der Waals surface area contributed by atoms with Crippen molar-refractivity contribution in [3.63, 3.8) is 0 Å². The number of benzene rings is 4. The van der Waals surface area contributed by atoms with Gasteiger partial charge in [0.05, 0.1) is 20.6 Å². The van der Waals surface area contributed by atoms with E-state index in [9.17, 15) is 18.0 Å². The topological polar surface area (TPSA) is 86.8 Å². The number of amides is 2. The maximum Gasteiger partial charge on any atom is 0.264 e.